The Balaban J connectivity index is 4.63. The van der Waals surface area contributed by atoms with Crippen molar-refractivity contribution in [2.75, 3.05) is 65.6 Å². The molecule has 0 N–H and O–H groups in total. The molecule has 0 aliphatic heterocycles. The molecule has 4 nitrogen and oxygen atoms in total. The van der Waals surface area contributed by atoms with Gasteiger partial charge in [-0.1, -0.05) is 41.5 Å². The molecule has 152 valence electrons. The van der Waals surface area contributed by atoms with Gasteiger partial charge in [-0.25, -0.2) is 0 Å². The molecule has 0 aromatic carbocycles. The number of hydrogen-bond donors (Lipinski definition) is 0. The average molecular weight is 374 g/mol. The van der Waals surface area contributed by atoms with Gasteiger partial charge in [0.25, 0.3) is 0 Å². The van der Waals surface area contributed by atoms with E-state index in [0.29, 0.717) is 0 Å². The van der Waals surface area contributed by atoms with E-state index in [1.54, 1.807) is 0 Å². The van der Waals surface area contributed by atoms with Gasteiger partial charge in [0.1, 0.15) is 0 Å². The van der Waals surface area contributed by atoms with Crippen molar-refractivity contribution in [3.63, 3.8) is 0 Å². The van der Waals surface area contributed by atoms with Crippen LogP contribution in [0.4, 0.5) is 0 Å². The maximum Gasteiger partial charge on any atom is 0.205 e. The van der Waals surface area contributed by atoms with E-state index in [0.717, 1.165) is 0 Å². The van der Waals surface area contributed by atoms with Crippen molar-refractivity contribution in [2.45, 2.75) is 66.5 Å². The minimum Gasteiger partial charge on any atom is -0.419 e. The van der Waals surface area contributed by atoms with Gasteiger partial charge in [-0.2, -0.15) is 0 Å². The highest BCUT2D eigenvalue weighted by Crippen LogP contribution is 2.18. The lowest BCUT2D eigenvalue weighted by atomic mass is 10.3. The maximum atomic E-state index is 6.08. The minimum absolute atomic E-state index is 1.17. The maximum absolute atomic E-state index is 6.08. The lowest BCUT2D eigenvalue weighted by Crippen LogP contribution is -2.49. The van der Waals surface area contributed by atoms with E-state index in [4.69, 9.17) is 4.43 Å². The second-order valence-corrected chi connectivity index (χ2v) is 11.6. The Bertz CT molecular complexity index is 266. The monoisotopic (exact) mass is 373 g/mol. The third-order valence-corrected chi connectivity index (χ3v) is 10.4. The first-order chi connectivity index (χ1) is 12.0. The van der Waals surface area contributed by atoms with Crippen molar-refractivity contribution in [2.24, 2.45) is 0 Å². The van der Waals surface area contributed by atoms with Gasteiger partial charge >= 0.3 is 0 Å². The zero-order valence-electron chi connectivity index (χ0n) is 18.4. The topological polar surface area (TPSA) is 19.0 Å². The quantitative estimate of drug-likeness (QED) is 0.360. The van der Waals surface area contributed by atoms with Crippen LogP contribution in [0.15, 0.2) is 0 Å². The fourth-order valence-electron chi connectivity index (χ4n) is 3.62. The molecule has 0 amide bonds. The fraction of sp³-hybridized carbons (Fsp3) is 1.00. The molecular weight excluding hydrogens is 326 g/mol. The van der Waals surface area contributed by atoms with Crippen molar-refractivity contribution in [3.8, 4) is 0 Å². The smallest absolute Gasteiger partial charge is 0.205 e. The van der Waals surface area contributed by atoms with E-state index in [1.807, 2.05) is 7.11 Å². The second-order valence-electron chi connectivity index (χ2n) is 7.13. The van der Waals surface area contributed by atoms with E-state index in [9.17, 15) is 0 Å². The molecule has 0 radical (unpaired) electrons. The van der Waals surface area contributed by atoms with Crippen LogP contribution >= 0.6 is 0 Å². The molecule has 0 saturated carbocycles. The Hall–Kier alpha value is 0.0569. The fourth-order valence-corrected chi connectivity index (χ4v) is 6.40. The Morgan fingerprint density at radius 1 is 0.600 bits per heavy atom. The van der Waals surface area contributed by atoms with Crippen molar-refractivity contribution < 1.29 is 4.43 Å². The summed E-state index contributed by atoms with van der Waals surface area (Å²) in [7, 11) is 0.378. The third-order valence-electron chi connectivity index (χ3n) is 5.92. The van der Waals surface area contributed by atoms with Crippen molar-refractivity contribution >= 4 is 8.32 Å². The molecule has 0 spiro atoms. The normalized spacial score (nSPS) is 12.7. The number of nitrogens with zero attached hydrogens (tertiary/aromatic N) is 3. The van der Waals surface area contributed by atoms with Crippen LogP contribution in [0, 0.1) is 0 Å². The highest BCUT2D eigenvalue weighted by molar-refractivity contribution is 6.73. The highest BCUT2D eigenvalue weighted by atomic mass is 28.4. The Labute approximate surface area is 160 Å². The molecule has 25 heavy (non-hydrogen) atoms. The summed E-state index contributed by atoms with van der Waals surface area (Å²) < 4.78 is 6.08. The van der Waals surface area contributed by atoms with E-state index in [-0.39, 0.29) is 0 Å². The van der Waals surface area contributed by atoms with Gasteiger partial charge in [-0.3, -0.25) is 0 Å². The van der Waals surface area contributed by atoms with E-state index in [1.165, 1.54) is 83.5 Å². The zero-order valence-corrected chi connectivity index (χ0v) is 19.4. The molecule has 0 rings (SSSR count). The summed E-state index contributed by atoms with van der Waals surface area (Å²) in [5, 5.41) is 0. The largest absolute Gasteiger partial charge is 0.419 e. The first-order valence-electron chi connectivity index (χ1n) is 10.8. The lowest BCUT2D eigenvalue weighted by Gasteiger charge is -2.35. The predicted molar refractivity (Wildman–Crippen MR) is 115 cm³/mol. The van der Waals surface area contributed by atoms with Crippen LogP contribution < -0.4 is 0 Å². The van der Waals surface area contributed by atoms with Crippen LogP contribution in [0.1, 0.15) is 54.4 Å². The summed E-state index contributed by atoms with van der Waals surface area (Å²) in [5.74, 6) is 0. The summed E-state index contributed by atoms with van der Waals surface area (Å²) >= 11 is 0. The van der Waals surface area contributed by atoms with Gasteiger partial charge in [0, 0.05) is 13.3 Å². The summed E-state index contributed by atoms with van der Waals surface area (Å²) in [4.78, 5) is 7.79. The van der Waals surface area contributed by atoms with Gasteiger partial charge in [-0.15, -0.1) is 0 Å². The van der Waals surface area contributed by atoms with Crippen LogP contribution in [0.25, 0.3) is 0 Å². The zero-order chi connectivity index (χ0) is 19.1. The van der Waals surface area contributed by atoms with Crippen LogP contribution in [-0.4, -0.2) is 88.7 Å². The standard InChI is InChI=1S/C20H47N3OSi/c1-8-21(9-2)16-14-18-23(19-15-17-22(10-3)11-4)20-25(12-5,13-6)24-7/h8-20H2,1-7H3. The summed E-state index contributed by atoms with van der Waals surface area (Å²) in [6, 6.07) is 2.45. The Kier molecular flexibility index (Phi) is 15.2. The second kappa shape index (κ2) is 15.1. The first-order valence-corrected chi connectivity index (χ1v) is 13.3. The van der Waals surface area contributed by atoms with E-state index < -0.39 is 8.32 Å². The highest BCUT2D eigenvalue weighted by Gasteiger charge is 2.32. The lowest BCUT2D eigenvalue weighted by molar-refractivity contribution is 0.225. The van der Waals surface area contributed by atoms with Crippen molar-refractivity contribution in [1.82, 2.24) is 14.7 Å². The molecule has 5 heteroatoms. The molecule has 0 aromatic rings. The van der Waals surface area contributed by atoms with Crippen LogP contribution in [0.2, 0.25) is 12.1 Å². The van der Waals surface area contributed by atoms with Crippen LogP contribution in [0.3, 0.4) is 0 Å². The van der Waals surface area contributed by atoms with Gasteiger partial charge in [0.2, 0.25) is 8.32 Å². The molecule has 0 aliphatic carbocycles. The summed E-state index contributed by atoms with van der Waals surface area (Å²) in [6.45, 7) is 23.2. The number of rotatable bonds is 17. The minimum atomic E-state index is -1.57. The molecule has 0 fully saturated rings. The van der Waals surface area contributed by atoms with E-state index >= 15 is 0 Å². The summed E-state index contributed by atoms with van der Waals surface area (Å²) in [5.41, 5.74) is 0. The molecular formula is C20H47N3OSi. The summed E-state index contributed by atoms with van der Waals surface area (Å²) in [6.07, 6.45) is 3.75. The van der Waals surface area contributed by atoms with Crippen LogP contribution in [-0.2, 0) is 4.43 Å². The SMILES string of the molecule is CCN(CC)CCCN(CCCN(CC)CC)C[Si](CC)(CC)OC. The Morgan fingerprint density at radius 3 is 1.24 bits per heavy atom. The van der Waals surface area contributed by atoms with Crippen molar-refractivity contribution in [3.05, 3.63) is 0 Å². The molecule has 0 heterocycles. The molecule has 0 aliphatic rings. The van der Waals surface area contributed by atoms with E-state index in [2.05, 4.69) is 56.2 Å². The van der Waals surface area contributed by atoms with Gasteiger partial charge in [0.05, 0.1) is 0 Å². The first kappa shape index (κ1) is 25.1. The molecule has 0 aromatic heterocycles. The Morgan fingerprint density at radius 2 is 0.960 bits per heavy atom. The average Bonchev–Trinajstić information content (AvgIpc) is 2.66. The van der Waals surface area contributed by atoms with Crippen LogP contribution in [0.5, 0.6) is 0 Å². The van der Waals surface area contributed by atoms with Gasteiger partial charge < -0.3 is 19.1 Å². The predicted octanol–water partition coefficient (Wildman–Crippen LogP) is 3.92. The molecule has 0 unspecified atom stereocenters. The molecule has 0 bridgehead atoms. The molecule has 0 atom stereocenters. The van der Waals surface area contributed by atoms with Crippen molar-refractivity contribution in [1.29, 1.82) is 0 Å². The van der Waals surface area contributed by atoms with Gasteiger partial charge in [0.15, 0.2) is 0 Å². The number of hydrogen-bond acceptors (Lipinski definition) is 4. The third kappa shape index (κ3) is 10.1. The molecule has 0 saturated heterocycles. The van der Waals surface area contributed by atoms with Gasteiger partial charge in [-0.05, 0) is 77.3 Å².